The molecule has 5 heteroatoms. The fourth-order valence-corrected chi connectivity index (χ4v) is 2.27. The van der Waals surface area contributed by atoms with Gasteiger partial charge in [-0.15, -0.1) is 0 Å². The van der Waals surface area contributed by atoms with Crippen molar-refractivity contribution >= 4 is 5.96 Å². The van der Waals surface area contributed by atoms with E-state index in [0.717, 1.165) is 42.5 Å². The molecule has 0 radical (unpaired) electrons. The molecule has 2 N–H and O–H groups in total. The number of aromatic nitrogens is 1. The van der Waals surface area contributed by atoms with Crippen molar-refractivity contribution in [2.45, 2.75) is 26.8 Å². The van der Waals surface area contributed by atoms with Gasteiger partial charge in [0.1, 0.15) is 5.75 Å². The van der Waals surface area contributed by atoms with E-state index in [1.165, 1.54) is 0 Å². The topological polar surface area (TPSA) is 58.5 Å². The minimum atomic E-state index is 0.518. The van der Waals surface area contributed by atoms with Crippen LogP contribution in [0.4, 0.5) is 0 Å². The first-order chi connectivity index (χ1) is 12.2. The summed E-state index contributed by atoms with van der Waals surface area (Å²) in [5.41, 5.74) is 2.23. The van der Waals surface area contributed by atoms with Crippen molar-refractivity contribution in [2.75, 3.05) is 20.2 Å². The third-order valence-corrected chi connectivity index (χ3v) is 3.57. The zero-order valence-electron chi connectivity index (χ0n) is 15.3. The Morgan fingerprint density at radius 1 is 1.16 bits per heavy atom. The summed E-state index contributed by atoms with van der Waals surface area (Å²) in [6.07, 6.45) is 2.68. The molecule has 2 aromatic rings. The molecule has 2 rings (SSSR count). The Morgan fingerprint density at radius 3 is 2.76 bits per heavy atom. The van der Waals surface area contributed by atoms with Crippen LogP contribution in [-0.2, 0) is 13.0 Å². The number of nitrogens with zero attached hydrogens (tertiary/aromatic N) is 2. The highest BCUT2D eigenvalue weighted by Gasteiger charge is 2.02. The molecule has 1 aromatic carbocycles. The van der Waals surface area contributed by atoms with Gasteiger partial charge >= 0.3 is 0 Å². The third kappa shape index (κ3) is 7.25. The van der Waals surface area contributed by atoms with Gasteiger partial charge in [-0.1, -0.05) is 32.0 Å². The molecule has 0 aliphatic carbocycles. The molecular weight excluding hydrogens is 312 g/mol. The predicted octanol–water partition coefficient (Wildman–Crippen LogP) is 3.02. The monoisotopic (exact) mass is 340 g/mol. The minimum Gasteiger partial charge on any atom is -0.493 e. The number of rotatable bonds is 8. The van der Waals surface area contributed by atoms with Crippen LogP contribution in [-0.4, -0.2) is 31.1 Å². The van der Waals surface area contributed by atoms with Crippen molar-refractivity contribution in [3.05, 3.63) is 59.9 Å². The lowest BCUT2D eigenvalue weighted by atomic mass is 10.2. The van der Waals surface area contributed by atoms with Crippen molar-refractivity contribution in [1.29, 1.82) is 0 Å². The van der Waals surface area contributed by atoms with E-state index < -0.39 is 0 Å². The van der Waals surface area contributed by atoms with Gasteiger partial charge < -0.3 is 15.4 Å². The highest BCUT2D eigenvalue weighted by atomic mass is 16.5. The average molecular weight is 340 g/mol. The molecule has 5 nitrogen and oxygen atoms in total. The fourth-order valence-electron chi connectivity index (χ4n) is 2.27. The zero-order chi connectivity index (χ0) is 17.9. The van der Waals surface area contributed by atoms with Crippen molar-refractivity contribution in [3.8, 4) is 5.75 Å². The van der Waals surface area contributed by atoms with Crippen LogP contribution in [0.1, 0.15) is 25.1 Å². The molecule has 134 valence electrons. The summed E-state index contributed by atoms with van der Waals surface area (Å²) in [7, 11) is 1.78. The van der Waals surface area contributed by atoms with Crippen LogP contribution < -0.4 is 15.4 Å². The average Bonchev–Trinajstić information content (AvgIpc) is 2.64. The molecule has 1 aromatic heterocycles. The molecule has 0 spiro atoms. The van der Waals surface area contributed by atoms with Crippen LogP contribution in [0.15, 0.2) is 53.7 Å². The Morgan fingerprint density at radius 2 is 2.04 bits per heavy atom. The first kappa shape index (κ1) is 18.8. The quantitative estimate of drug-likeness (QED) is 0.573. The van der Waals surface area contributed by atoms with Gasteiger partial charge in [-0.3, -0.25) is 9.98 Å². The maximum Gasteiger partial charge on any atom is 0.191 e. The Kier molecular flexibility index (Phi) is 7.76. The second-order valence-corrected chi connectivity index (χ2v) is 6.28. The van der Waals surface area contributed by atoms with E-state index in [1.54, 1.807) is 7.05 Å². The van der Waals surface area contributed by atoms with Crippen LogP contribution in [0.3, 0.4) is 0 Å². The summed E-state index contributed by atoms with van der Waals surface area (Å²) < 4.78 is 5.77. The number of hydrogen-bond donors (Lipinski definition) is 2. The first-order valence-electron chi connectivity index (χ1n) is 8.73. The van der Waals surface area contributed by atoms with Gasteiger partial charge in [-0.25, -0.2) is 0 Å². The number of pyridine rings is 1. The number of aliphatic imine (C=N–C) groups is 1. The molecule has 0 fully saturated rings. The van der Waals surface area contributed by atoms with E-state index >= 15 is 0 Å². The lowest BCUT2D eigenvalue weighted by Crippen LogP contribution is -2.37. The number of hydrogen-bond acceptors (Lipinski definition) is 3. The second-order valence-electron chi connectivity index (χ2n) is 6.28. The number of nitrogens with one attached hydrogen (secondary N) is 2. The van der Waals surface area contributed by atoms with E-state index in [4.69, 9.17) is 4.74 Å². The molecule has 0 aliphatic heterocycles. The highest BCUT2D eigenvalue weighted by Crippen LogP contribution is 2.14. The Hall–Kier alpha value is -2.56. The van der Waals surface area contributed by atoms with E-state index in [0.29, 0.717) is 12.5 Å². The minimum absolute atomic E-state index is 0.518. The SMILES string of the molecule is CN=C(NCCc1ccccn1)NCc1cccc(OCC(C)C)c1. The summed E-state index contributed by atoms with van der Waals surface area (Å²) in [4.78, 5) is 8.58. The van der Waals surface area contributed by atoms with Crippen molar-refractivity contribution in [3.63, 3.8) is 0 Å². The van der Waals surface area contributed by atoms with E-state index in [9.17, 15) is 0 Å². The Bertz CT molecular complexity index is 656. The maximum absolute atomic E-state index is 5.77. The van der Waals surface area contributed by atoms with Crippen LogP contribution in [0, 0.1) is 5.92 Å². The third-order valence-electron chi connectivity index (χ3n) is 3.57. The number of ether oxygens (including phenoxy) is 1. The van der Waals surface area contributed by atoms with Gasteiger partial charge in [0.2, 0.25) is 0 Å². The molecule has 0 amide bonds. The van der Waals surface area contributed by atoms with Gasteiger partial charge in [-0.2, -0.15) is 0 Å². The molecule has 25 heavy (non-hydrogen) atoms. The molecule has 0 unspecified atom stereocenters. The van der Waals surface area contributed by atoms with Crippen molar-refractivity contribution < 1.29 is 4.74 Å². The summed E-state index contributed by atoms with van der Waals surface area (Å²) in [6, 6.07) is 14.1. The van der Waals surface area contributed by atoms with Gasteiger partial charge in [0.15, 0.2) is 5.96 Å². The summed E-state index contributed by atoms with van der Waals surface area (Å²) in [5.74, 6) is 2.21. The van der Waals surface area contributed by atoms with Crippen LogP contribution >= 0.6 is 0 Å². The molecule has 0 bridgehead atoms. The van der Waals surface area contributed by atoms with Gasteiger partial charge in [0.05, 0.1) is 6.61 Å². The lowest BCUT2D eigenvalue weighted by molar-refractivity contribution is 0.271. The predicted molar refractivity (Wildman–Crippen MR) is 103 cm³/mol. The molecular formula is C20H28N4O. The molecule has 0 saturated carbocycles. The standard InChI is InChI=1S/C20H28N4O/c1-16(2)15-25-19-9-6-7-17(13-19)14-24-20(21-3)23-12-10-18-8-4-5-11-22-18/h4-9,11,13,16H,10,12,14-15H2,1-3H3,(H2,21,23,24). The van der Waals surface area contributed by atoms with Gasteiger partial charge in [0, 0.05) is 38.4 Å². The summed E-state index contributed by atoms with van der Waals surface area (Å²) in [5, 5.41) is 6.64. The summed E-state index contributed by atoms with van der Waals surface area (Å²) >= 11 is 0. The van der Waals surface area contributed by atoms with Crippen LogP contribution in [0.2, 0.25) is 0 Å². The highest BCUT2D eigenvalue weighted by molar-refractivity contribution is 5.79. The zero-order valence-corrected chi connectivity index (χ0v) is 15.3. The largest absolute Gasteiger partial charge is 0.493 e. The van der Waals surface area contributed by atoms with E-state index in [2.05, 4.69) is 46.6 Å². The Balaban J connectivity index is 1.77. The smallest absolute Gasteiger partial charge is 0.191 e. The normalized spacial score (nSPS) is 11.4. The maximum atomic E-state index is 5.77. The molecule has 0 saturated heterocycles. The molecule has 1 heterocycles. The van der Waals surface area contributed by atoms with Gasteiger partial charge in [-0.05, 0) is 35.7 Å². The molecule has 0 aliphatic rings. The summed E-state index contributed by atoms with van der Waals surface area (Å²) in [6.45, 7) is 6.50. The van der Waals surface area contributed by atoms with Crippen molar-refractivity contribution in [2.24, 2.45) is 10.9 Å². The van der Waals surface area contributed by atoms with E-state index in [-0.39, 0.29) is 0 Å². The van der Waals surface area contributed by atoms with Crippen LogP contribution in [0.5, 0.6) is 5.75 Å². The Labute approximate surface area is 150 Å². The molecule has 0 atom stereocenters. The van der Waals surface area contributed by atoms with E-state index in [1.807, 2.05) is 36.5 Å². The number of benzene rings is 1. The number of guanidine groups is 1. The van der Waals surface area contributed by atoms with Gasteiger partial charge in [0.25, 0.3) is 0 Å². The van der Waals surface area contributed by atoms with Crippen molar-refractivity contribution in [1.82, 2.24) is 15.6 Å². The lowest BCUT2D eigenvalue weighted by Gasteiger charge is -2.13. The van der Waals surface area contributed by atoms with Crippen LogP contribution in [0.25, 0.3) is 0 Å². The second kappa shape index (κ2) is 10.3. The fraction of sp³-hybridized carbons (Fsp3) is 0.400. The first-order valence-corrected chi connectivity index (χ1v) is 8.73.